The number of hydrogen-bond acceptors (Lipinski definition) is 4. The zero-order valence-electron chi connectivity index (χ0n) is 14.0. The van der Waals surface area contributed by atoms with Crippen molar-refractivity contribution in [2.24, 2.45) is 17.8 Å². The Kier molecular flexibility index (Phi) is 4.59. The van der Waals surface area contributed by atoms with Gasteiger partial charge < -0.3 is 15.4 Å². The lowest BCUT2D eigenvalue weighted by Gasteiger charge is -2.28. The van der Waals surface area contributed by atoms with E-state index >= 15 is 0 Å². The molecule has 2 saturated carbocycles. The van der Waals surface area contributed by atoms with E-state index in [2.05, 4.69) is 17.6 Å². The number of urea groups is 1. The fourth-order valence-electron chi connectivity index (χ4n) is 4.28. The number of fused-ring (bicyclic) bond motifs is 2. The number of carbonyl (C=O) groups excluding carboxylic acids is 1. The molecule has 0 radical (unpaired) electrons. The molecule has 0 unspecified atom stereocenters. The number of nitrogens with one attached hydrogen (secondary N) is 2. The fourth-order valence-corrected chi connectivity index (χ4v) is 4.28. The van der Waals surface area contributed by atoms with Gasteiger partial charge in [0.05, 0.1) is 23.8 Å². The van der Waals surface area contributed by atoms with E-state index < -0.39 is 4.92 Å². The van der Waals surface area contributed by atoms with Crippen LogP contribution in [0.15, 0.2) is 18.2 Å². The second kappa shape index (κ2) is 6.67. The number of carbonyl (C=O) groups is 1. The van der Waals surface area contributed by atoms with Crippen LogP contribution in [0, 0.1) is 27.9 Å². The highest BCUT2D eigenvalue weighted by Crippen LogP contribution is 2.49. The number of amides is 2. The molecule has 2 fully saturated rings. The monoisotopic (exact) mass is 333 g/mol. The SMILES string of the molecule is COc1cc([N+](=O)[O-])ccc1NC(=O)N[C@@H](C)[C@H]1C[C@@H]2CC[C@@H]1C2. The quantitative estimate of drug-likeness (QED) is 0.636. The number of ether oxygens (including phenoxy) is 1. The molecule has 4 atom stereocenters. The van der Waals surface area contributed by atoms with Crippen molar-refractivity contribution in [2.75, 3.05) is 12.4 Å². The van der Waals surface area contributed by atoms with Crippen molar-refractivity contribution in [2.45, 2.75) is 38.6 Å². The van der Waals surface area contributed by atoms with Crippen LogP contribution in [0.25, 0.3) is 0 Å². The van der Waals surface area contributed by atoms with Crippen LogP contribution in [0.1, 0.15) is 32.6 Å². The highest BCUT2D eigenvalue weighted by molar-refractivity contribution is 5.91. The highest BCUT2D eigenvalue weighted by Gasteiger charge is 2.42. The molecule has 2 amide bonds. The van der Waals surface area contributed by atoms with E-state index in [0.717, 1.165) is 11.8 Å². The van der Waals surface area contributed by atoms with E-state index in [1.165, 1.54) is 51.0 Å². The molecule has 130 valence electrons. The van der Waals surface area contributed by atoms with Gasteiger partial charge in [0.1, 0.15) is 5.75 Å². The lowest BCUT2D eigenvalue weighted by molar-refractivity contribution is -0.384. The van der Waals surface area contributed by atoms with Gasteiger partial charge in [-0.1, -0.05) is 6.42 Å². The first-order chi connectivity index (χ1) is 11.5. The molecule has 0 aliphatic heterocycles. The number of hydrogen-bond donors (Lipinski definition) is 2. The van der Waals surface area contributed by atoms with Crippen LogP contribution in [0.3, 0.4) is 0 Å². The molecule has 2 aliphatic rings. The maximum absolute atomic E-state index is 12.3. The molecule has 2 aliphatic carbocycles. The van der Waals surface area contributed by atoms with Crippen molar-refractivity contribution in [3.8, 4) is 5.75 Å². The standard InChI is InChI=1S/C17H23N3O4/c1-10(14-8-11-3-4-12(14)7-11)18-17(21)19-15-6-5-13(20(22)23)9-16(15)24-2/h5-6,9-12,14H,3-4,7-8H2,1-2H3,(H2,18,19,21)/t10-,11+,12+,14+/m0/s1. The maximum Gasteiger partial charge on any atom is 0.319 e. The molecule has 0 spiro atoms. The number of non-ortho nitro benzene ring substituents is 1. The van der Waals surface area contributed by atoms with Crippen LogP contribution < -0.4 is 15.4 Å². The van der Waals surface area contributed by atoms with Crippen molar-refractivity contribution >= 4 is 17.4 Å². The number of nitro benzene ring substituents is 1. The number of rotatable bonds is 5. The third-order valence-corrected chi connectivity index (χ3v) is 5.44. The topological polar surface area (TPSA) is 93.5 Å². The molecule has 7 nitrogen and oxygen atoms in total. The summed E-state index contributed by atoms with van der Waals surface area (Å²) >= 11 is 0. The third-order valence-electron chi connectivity index (χ3n) is 5.44. The second-order valence-electron chi connectivity index (χ2n) is 6.87. The van der Waals surface area contributed by atoms with Crippen LogP contribution in [0.4, 0.5) is 16.2 Å². The summed E-state index contributed by atoms with van der Waals surface area (Å²) in [5.74, 6) is 2.39. The predicted molar refractivity (Wildman–Crippen MR) is 90.2 cm³/mol. The molecule has 1 aromatic carbocycles. The zero-order chi connectivity index (χ0) is 17.3. The lowest BCUT2D eigenvalue weighted by Crippen LogP contribution is -2.42. The van der Waals surface area contributed by atoms with Crippen LogP contribution in [0.5, 0.6) is 5.75 Å². The van der Waals surface area contributed by atoms with Crippen molar-refractivity contribution in [3.05, 3.63) is 28.3 Å². The first-order valence-electron chi connectivity index (χ1n) is 8.38. The minimum absolute atomic E-state index is 0.0758. The maximum atomic E-state index is 12.3. The van der Waals surface area contributed by atoms with E-state index in [1.807, 2.05) is 0 Å². The van der Waals surface area contributed by atoms with Crippen LogP contribution in [-0.2, 0) is 0 Å². The Morgan fingerprint density at radius 3 is 2.75 bits per heavy atom. The van der Waals surface area contributed by atoms with Gasteiger partial charge >= 0.3 is 6.03 Å². The molecule has 24 heavy (non-hydrogen) atoms. The van der Waals surface area contributed by atoms with E-state index in [9.17, 15) is 14.9 Å². The Morgan fingerprint density at radius 2 is 2.17 bits per heavy atom. The van der Waals surface area contributed by atoms with Crippen LogP contribution in [0.2, 0.25) is 0 Å². The molecular formula is C17H23N3O4. The summed E-state index contributed by atoms with van der Waals surface area (Å²) in [6.45, 7) is 2.05. The molecule has 0 heterocycles. The molecule has 2 N–H and O–H groups in total. The van der Waals surface area contributed by atoms with E-state index in [1.54, 1.807) is 0 Å². The minimum Gasteiger partial charge on any atom is -0.494 e. The molecule has 1 aromatic rings. The summed E-state index contributed by atoms with van der Waals surface area (Å²) in [4.78, 5) is 22.6. The molecule has 0 aromatic heterocycles. The summed E-state index contributed by atoms with van der Waals surface area (Å²) in [6.07, 6.45) is 5.11. The van der Waals surface area contributed by atoms with Gasteiger partial charge in [0.2, 0.25) is 0 Å². The summed E-state index contributed by atoms with van der Waals surface area (Å²) in [7, 11) is 1.42. The average Bonchev–Trinajstić information content (AvgIpc) is 3.17. The largest absolute Gasteiger partial charge is 0.494 e. The lowest BCUT2D eigenvalue weighted by atomic mass is 9.84. The Morgan fingerprint density at radius 1 is 1.38 bits per heavy atom. The van der Waals surface area contributed by atoms with E-state index in [-0.39, 0.29) is 23.5 Å². The molecular weight excluding hydrogens is 310 g/mol. The van der Waals surface area contributed by atoms with Crippen LogP contribution >= 0.6 is 0 Å². The molecule has 2 bridgehead atoms. The number of benzene rings is 1. The number of nitrogens with zero attached hydrogens (tertiary/aromatic N) is 1. The minimum atomic E-state index is -0.496. The van der Waals surface area contributed by atoms with Crippen molar-refractivity contribution < 1.29 is 14.5 Å². The number of nitro groups is 1. The Bertz CT molecular complexity index is 649. The van der Waals surface area contributed by atoms with Crippen molar-refractivity contribution in [1.82, 2.24) is 5.32 Å². The van der Waals surface area contributed by atoms with Crippen molar-refractivity contribution in [3.63, 3.8) is 0 Å². The van der Waals surface area contributed by atoms with Crippen molar-refractivity contribution in [1.29, 1.82) is 0 Å². The Hall–Kier alpha value is -2.31. The van der Waals surface area contributed by atoms with Crippen LogP contribution in [-0.4, -0.2) is 24.1 Å². The summed E-state index contributed by atoms with van der Waals surface area (Å²) in [5.41, 5.74) is 0.342. The van der Waals surface area contributed by atoms with E-state index in [0.29, 0.717) is 11.6 Å². The molecule has 7 heteroatoms. The average molecular weight is 333 g/mol. The van der Waals surface area contributed by atoms with Gasteiger partial charge in [-0.05, 0) is 50.0 Å². The summed E-state index contributed by atoms with van der Waals surface area (Å²) in [5, 5.41) is 16.5. The Balaban J connectivity index is 1.61. The van der Waals surface area contributed by atoms with Gasteiger partial charge in [0, 0.05) is 12.1 Å². The van der Waals surface area contributed by atoms with Gasteiger partial charge in [-0.15, -0.1) is 0 Å². The second-order valence-corrected chi connectivity index (χ2v) is 6.87. The highest BCUT2D eigenvalue weighted by atomic mass is 16.6. The van der Waals surface area contributed by atoms with Gasteiger partial charge in [-0.2, -0.15) is 0 Å². The van der Waals surface area contributed by atoms with E-state index in [4.69, 9.17) is 4.74 Å². The number of anilines is 1. The summed E-state index contributed by atoms with van der Waals surface area (Å²) in [6, 6.07) is 3.94. The first-order valence-corrected chi connectivity index (χ1v) is 8.38. The van der Waals surface area contributed by atoms with Gasteiger partial charge in [-0.25, -0.2) is 4.79 Å². The molecule has 0 saturated heterocycles. The summed E-state index contributed by atoms with van der Waals surface area (Å²) < 4.78 is 5.14. The van der Waals surface area contributed by atoms with Gasteiger partial charge in [0.15, 0.2) is 0 Å². The number of methoxy groups -OCH3 is 1. The predicted octanol–water partition coefficient (Wildman–Crippen LogP) is 3.55. The zero-order valence-corrected chi connectivity index (χ0v) is 14.0. The first kappa shape index (κ1) is 16.5. The third kappa shape index (κ3) is 3.29. The van der Waals surface area contributed by atoms with Gasteiger partial charge in [0.25, 0.3) is 5.69 Å². The Labute approximate surface area is 140 Å². The molecule has 3 rings (SSSR count). The smallest absolute Gasteiger partial charge is 0.319 e. The fraction of sp³-hybridized carbons (Fsp3) is 0.588. The van der Waals surface area contributed by atoms with Gasteiger partial charge in [-0.3, -0.25) is 10.1 Å². The normalized spacial score (nSPS) is 26.0.